The van der Waals surface area contributed by atoms with Crippen molar-refractivity contribution >= 4 is 42.4 Å². The lowest BCUT2D eigenvalue weighted by atomic mass is 9.67. The van der Waals surface area contributed by atoms with Gasteiger partial charge in [-0.1, -0.05) is 18.9 Å². The van der Waals surface area contributed by atoms with E-state index in [0.717, 1.165) is 57.4 Å². The van der Waals surface area contributed by atoms with Crippen molar-refractivity contribution in [2.45, 2.75) is 45.4 Å². The third-order valence-electron chi connectivity index (χ3n) is 6.68. The highest BCUT2D eigenvalue weighted by Crippen LogP contribution is 2.45. The van der Waals surface area contributed by atoms with Gasteiger partial charge in [0.1, 0.15) is 5.82 Å². The number of likely N-dealkylation sites (tertiary alicyclic amines) is 1. The van der Waals surface area contributed by atoms with Crippen LogP contribution in [-0.4, -0.2) is 47.9 Å². The van der Waals surface area contributed by atoms with Crippen LogP contribution in [0.4, 0.5) is 5.82 Å². The Hall–Kier alpha value is -1.37. The summed E-state index contributed by atoms with van der Waals surface area (Å²) in [6.07, 6.45) is 6.23. The highest BCUT2D eigenvalue weighted by atomic mass is 35.5. The normalized spacial score (nSPS) is 28.5. The maximum absolute atomic E-state index is 13.5. The molecule has 2 aliphatic heterocycles. The van der Waals surface area contributed by atoms with Crippen molar-refractivity contribution in [2.24, 2.45) is 17.3 Å². The molecule has 0 bridgehead atoms. The lowest BCUT2D eigenvalue weighted by molar-refractivity contribution is -0.148. The number of nitrogens with one attached hydrogen (secondary N) is 2. The van der Waals surface area contributed by atoms with Gasteiger partial charge in [0.05, 0.1) is 11.3 Å². The van der Waals surface area contributed by atoms with Crippen LogP contribution in [0.1, 0.15) is 44.2 Å². The average molecular weight is 443 g/mol. The molecule has 4 rings (SSSR count). The van der Waals surface area contributed by atoms with Crippen molar-refractivity contribution in [3.63, 3.8) is 0 Å². The standard InChI is InChI=1S/C21H30N4O2.2ClH/c1-15-6-4-9-18(23-15)24-19(26)16-7-5-11-25(13-16)20(27)21-10-3-2-8-17(21)12-22-14-21;;/h4,6,9,16-17,22H,2-3,5,7-8,10-14H2,1H3,(H,23,24,26);2*1H/t16?,17-,21+;;/m0../s1. The van der Waals surface area contributed by atoms with Crippen LogP contribution in [0.25, 0.3) is 0 Å². The number of rotatable bonds is 3. The van der Waals surface area contributed by atoms with Gasteiger partial charge in [0.25, 0.3) is 0 Å². The van der Waals surface area contributed by atoms with Crippen LogP contribution >= 0.6 is 24.8 Å². The molecule has 2 N–H and O–H groups in total. The largest absolute Gasteiger partial charge is 0.341 e. The van der Waals surface area contributed by atoms with E-state index in [-0.39, 0.29) is 48.0 Å². The van der Waals surface area contributed by atoms with E-state index in [0.29, 0.717) is 18.3 Å². The Morgan fingerprint density at radius 2 is 2.03 bits per heavy atom. The fourth-order valence-corrected chi connectivity index (χ4v) is 5.20. The fraction of sp³-hybridized carbons (Fsp3) is 0.667. The summed E-state index contributed by atoms with van der Waals surface area (Å²) in [6, 6.07) is 5.61. The van der Waals surface area contributed by atoms with Crippen LogP contribution in [0.15, 0.2) is 18.2 Å². The molecule has 3 aliphatic rings. The number of pyridine rings is 1. The molecular weight excluding hydrogens is 411 g/mol. The topological polar surface area (TPSA) is 74.3 Å². The van der Waals surface area contributed by atoms with E-state index in [1.54, 1.807) is 0 Å². The Balaban J connectivity index is 0.00000150. The number of carbonyl (C=O) groups is 2. The molecule has 8 heteroatoms. The molecule has 1 aromatic rings. The zero-order chi connectivity index (χ0) is 18.9. The van der Waals surface area contributed by atoms with Gasteiger partial charge in [0, 0.05) is 25.3 Å². The molecule has 1 aromatic heterocycles. The van der Waals surface area contributed by atoms with Crippen molar-refractivity contribution in [1.82, 2.24) is 15.2 Å². The van der Waals surface area contributed by atoms with Crippen molar-refractivity contribution in [1.29, 1.82) is 0 Å². The van der Waals surface area contributed by atoms with Crippen molar-refractivity contribution in [3.05, 3.63) is 23.9 Å². The number of aromatic nitrogens is 1. The zero-order valence-corrected chi connectivity index (χ0v) is 18.6. The van der Waals surface area contributed by atoms with E-state index < -0.39 is 0 Å². The number of hydrogen-bond donors (Lipinski definition) is 2. The average Bonchev–Trinajstić information content (AvgIpc) is 3.13. The predicted octanol–water partition coefficient (Wildman–Crippen LogP) is 3.19. The number of hydrogen-bond acceptors (Lipinski definition) is 4. The van der Waals surface area contributed by atoms with E-state index >= 15 is 0 Å². The molecule has 3 fully saturated rings. The summed E-state index contributed by atoms with van der Waals surface area (Å²) < 4.78 is 0. The Morgan fingerprint density at radius 1 is 1.21 bits per heavy atom. The second-order valence-electron chi connectivity index (χ2n) is 8.47. The SMILES string of the molecule is Cc1cccc(NC(=O)C2CCCN(C(=O)[C@@]34CCCC[C@H]3CNC4)C2)n1.Cl.Cl. The highest BCUT2D eigenvalue weighted by Gasteiger charge is 2.51. The lowest BCUT2D eigenvalue weighted by Gasteiger charge is -2.43. The number of nitrogens with zero attached hydrogens (tertiary/aromatic N) is 2. The van der Waals surface area contributed by atoms with Crippen LogP contribution < -0.4 is 10.6 Å². The molecule has 162 valence electrons. The maximum atomic E-state index is 13.5. The molecule has 0 radical (unpaired) electrons. The number of halogens is 2. The Labute approximate surface area is 185 Å². The predicted molar refractivity (Wildman–Crippen MR) is 119 cm³/mol. The number of carbonyl (C=O) groups excluding carboxylic acids is 2. The summed E-state index contributed by atoms with van der Waals surface area (Å²) >= 11 is 0. The molecular formula is C21H32Cl2N4O2. The number of fused-ring (bicyclic) bond motifs is 1. The van der Waals surface area contributed by atoms with E-state index in [2.05, 4.69) is 15.6 Å². The summed E-state index contributed by atoms with van der Waals surface area (Å²) in [5.74, 6) is 1.16. The Morgan fingerprint density at radius 3 is 2.83 bits per heavy atom. The molecule has 1 unspecified atom stereocenters. The van der Waals surface area contributed by atoms with Crippen molar-refractivity contribution < 1.29 is 9.59 Å². The molecule has 2 saturated heterocycles. The highest BCUT2D eigenvalue weighted by molar-refractivity contribution is 5.92. The molecule has 3 atom stereocenters. The van der Waals surface area contributed by atoms with Crippen LogP contribution in [-0.2, 0) is 9.59 Å². The van der Waals surface area contributed by atoms with Crippen molar-refractivity contribution in [3.8, 4) is 0 Å². The van der Waals surface area contributed by atoms with E-state index in [4.69, 9.17) is 0 Å². The minimum Gasteiger partial charge on any atom is -0.341 e. The Bertz CT molecular complexity index is 732. The second-order valence-corrected chi connectivity index (χ2v) is 8.47. The number of piperidine rings is 1. The molecule has 1 saturated carbocycles. The van der Waals surface area contributed by atoms with Crippen LogP contribution in [0.3, 0.4) is 0 Å². The molecule has 6 nitrogen and oxygen atoms in total. The first-order valence-corrected chi connectivity index (χ1v) is 10.3. The summed E-state index contributed by atoms with van der Waals surface area (Å²) in [5, 5.41) is 6.40. The Kier molecular flexibility index (Phi) is 8.32. The first-order valence-electron chi connectivity index (χ1n) is 10.3. The van der Waals surface area contributed by atoms with Gasteiger partial charge in [-0.2, -0.15) is 0 Å². The number of aryl methyl sites for hydroxylation is 1. The summed E-state index contributed by atoms with van der Waals surface area (Å²) in [5.41, 5.74) is 0.652. The van der Waals surface area contributed by atoms with Gasteiger partial charge in [0.15, 0.2) is 0 Å². The smallest absolute Gasteiger partial charge is 0.230 e. The minimum absolute atomic E-state index is 0. The monoisotopic (exact) mass is 442 g/mol. The van der Waals surface area contributed by atoms with E-state index in [1.807, 2.05) is 30.0 Å². The number of anilines is 1. The minimum atomic E-state index is -0.227. The lowest BCUT2D eigenvalue weighted by Crippen LogP contribution is -2.53. The van der Waals surface area contributed by atoms with Crippen LogP contribution in [0, 0.1) is 24.2 Å². The van der Waals surface area contributed by atoms with Gasteiger partial charge in [-0.25, -0.2) is 4.98 Å². The summed E-state index contributed by atoms with van der Waals surface area (Å²) in [7, 11) is 0. The van der Waals surface area contributed by atoms with Gasteiger partial charge in [-0.3, -0.25) is 9.59 Å². The zero-order valence-electron chi connectivity index (χ0n) is 17.0. The van der Waals surface area contributed by atoms with E-state index in [9.17, 15) is 9.59 Å². The van der Waals surface area contributed by atoms with E-state index in [1.165, 1.54) is 6.42 Å². The third-order valence-corrected chi connectivity index (χ3v) is 6.68. The molecule has 1 aliphatic carbocycles. The molecule has 3 heterocycles. The van der Waals surface area contributed by atoms with Crippen LogP contribution in [0.2, 0.25) is 0 Å². The van der Waals surface area contributed by atoms with Gasteiger partial charge in [-0.05, 0) is 57.2 Å². The summed E-state index contributed by atoms with van der Waals surface area (Å²) in [6.45, 7) is 4.98. The molecule has 0 aromatic carbocycles. The van der Waals surface area contributed by atoms with Gasteiger partial charge < -0.3 is 15.5 Å². The molecule has 29 heavy (non-hydrogen) atoms. The van der Waals surface area contributed by atoms with Gasteiger partial charge in [0.2, 0.25) is 11.8 Å². The third kappa shape index (κ3) is 4.86. The van der Waals surface area contributed by atoms with Gasteiger partial charge >= 0.3 is 0 Å². The molecule has 2 amide bonds. The molecule has 0 spiro atoms. The maximum Gasteiger partial charge on any atom is 0.230 e. The first kappa shape index (κ1) is 23.9. The van der Waals surface area contributed by atoms with Crippen molar-refractivity contribution in [2.75, 3.05) is 31.5 Å². The number of amides is 2. The quantitative estimate of drug-likeness (QED) is 0.753. The van der Waals surface area contributed by atoms with Gasteiger partial charge in [-0.15, -0.1) is 24.8 Å². The fourth-order valence-electron chi connectivity index (χ4n) is 5.20. The summed E-state index contributed by atoms with van der Waals surface area (Å²) in [4.78, 5) is 32.5. The van der Waals surface area contributed by atoms with Crippen LogP contribution in [0.5, 0.6) is 0 Å². The second kappa shape index (κ2) is 10.1. The first-order chi connectivity index (χ1) is 13.1.